The van der Waals surface area contributed by atoms with Gasteiger partial charge in [0.05, 0.1) is 0 Å². The van der Waals surface area contributed by atoms with Gasteiger partial charge in [-0.15, -0.1) is 0 Å². The van der Waals surface area contributed by atoms with Crippen molar-refractivity contribution in [2.24, 2.45) is 0 Å². The van der Waals surface area contributed by atoms with E-state index in [2.05, 4.69) is 10.6 Å². The molecule has 34 heavy (non-hydrogen) atoms. The predicted molar refractivity (Wildman–Crippen MR) is 134 cm³/mol. The van der Waals surface area contributed by atoms with Crippen LogP contribution in [-0.4, -0.2) is 45.0 Å². The van der Waals surface area contributed by atoms with E-state index in [1.54, 1.807) is 13.0 Å². The molecule has 2 N–H and O–H groups in total. The van der Waals surface area contributed by atoms with E-state index in [0.717, 1.165) is 11.1 Å². The van der Waals surface area contributed by atoms with Gasteiger partial charge in [-0.05, 0) is 83.0 Å². The molecule has 0 aliphatic carbocycles. The van der Waals surface area contributed by atoms with E-state index < -0.39 is 51.5 Å². The summed E-state index contributed by atoms with van der Waals surface area (Å²) >= 11 is 0. The molecule has 184 valence electrons. The lowest BCUT2D eigenvalue weighted by Gasteiger charge is -2.32. The number of hydrogen-bond acceptors (Lipinski definition) is 4. The van der Waals surface area contributed by atoms with E-state index in [1.807, 2.05) is 46.8 Å². The molecule has 9 heteroatoms. The fourth-order valence-corrected chi connectivity index (χ4v) is 4.15. The number of benzene rings is 2. The zero-order valence-electron chi connectivity index (χ0n) is 20.4. The molecule has 0 saturated carbocycles. The molecule has 0 aliphatic rings. The Hall–Kier alpha value is -3.07. The molecule has 3 amide bonds. The van der Waals surface area contributed by atoms with Gasteiger partial charge in [0, 0.05) is 27.7 Å². The molecule has 2 atom stereocenters. The maximum absolute atomic E-state index is 13.3. The molecule has 7 nitrogen and oxygen atoms in total. The molecule has 0 bridgehead atoms. The van der Waals surface area contributed by atoms with E-state index >= 15 is 0 Å². The summed E-state index contributed by atoms with van der Waals surface area (Å²) in [6.07, 6.45) is 0. The summed E-state index contributed by atoms with van der Waals surface area (Å²) in [5.74, 6) is -2.72. The average Bonchev–Trinajstić information content (AvgIpc) is 2.70. The molecule has 2 rings (SSSR count). The van der Waals surface area contributed by atoms with Crippen LogP contribution >= 0.6 is 0 Å². The van der Waals surface area contributed by atoms with Crippen molar-refractivity contribution in [3.63, 3.8) is 0 Å². The Morgan fingerprint density at radius 3 is 2.24 bits per heavy atom. The van der Waals surface area contributed by atoms with Crippen LogP contribution in [0.2, 0.25) is 0 Å². The first-order chi connectivity index (χ1) is 15.8. The van der Waals surface area contributed by atoms with Gasteiger partial charge >= 0.3 is 0 Å². The van der Waals surface area contributed by atoms with Crippen LogP contribution in [0.15, 0.2) is 42.5 Å². The number of anilines is 2. The second-order valence-electron chi connectivity index (χ2n) is 9.25. The normalized spacial score (nSPS) is 13.0. The van der Waals surface area contributed by atoms with Crippen LogP contribution in [0.4, 0.5) is 15.8 Å². The standard InChI is InChI=1S/C25H32FN3O4S/c1-16-7-8-17(2)21(13-16)29(18(3)24(32)28-25(4,5)6)23(31)15-34(33)14-22(30)27-20-11-9-19(26)10-12-20/h7-13,18H,14-15H2,1-6H3,(H,27,30)(H,28,32)/t18-,34-/m0/s1. The van der Waals surface area contributed by atoms with E-state index in [-0.39, 0.29) is 5.91 Å². The Kier molecular flexibility index (Phi) is 9.09. The molecule has 0 saturated heterocycles. The number of halogens is 1. The van der Waals surface area contributed by atoms with Crippen LogP contribution in [0.1, 0.15) is 38.8 Å². The van der Waals surface area contributed by atoms with Crippen LogP contribution in [-0.2, 0) is 25.2 Å². The van der Waals surface area contributed by atoms with Crippen LogP contribution in [0.3, 0.4) is 0 Å². The molecular formula is C25H32FN3O4S. The first-order valence-electron chi connectivity index (χ1n) is 10.9. The van der Waals surface area contributed by atoms with Crippen molar-refractivity contribution in [1.82, 2.24) is 5.32 Å². The molecule has 0 unspecified atom stereocenters. The summed E-state index contributed by atoms with van der Waals surface area (Å²) in [5, 5.41) is 5.41. The van der Waals surface area contributed by atoms with Crippen molar-refractivity contribution >= 4 is 39.9 Å². The maximum Gasteiger partial charge on any atom is 0.243 e. The maximum atomic E-state index is 13.3. The van der Waals surface area contributed by atoms with Gasteiger partial charge in [0.2, 0.25) is 17.7 Å². The van der Waals surface area contributed by atoms with Gasteiger partial charge in [-0.2, -0.15) is 0 Å². The van der Waals surface area contributed by atoms with Crippen LogP contribution in [0.25, 0.3) is 0 Å². The molecule has 0 aliphatic heterocycles. The highest BCUT2D eigenvalue weighted by Crippen LogP contribution is 2.25. The third kappa shape index (κ3) is 8.06. The summed E-state index contributed by atoms with van der Waals surface area (Å²) in [7, 11) is -1.82. The molecule has 0 heterocycles. The van der Waals surface area contributed by atoms with Crippen molar-refractivity contribution in [3.05, 3.63) is 59.4 Å². The summed E-state index contributed by atoms with van der Waals surface area (Å²) in [4.78, 5) is 39.8. The first-order valence-corrected chi connectivity index (χ1v) is 12.4. The molecule has 2 aromatic carbocycles. The largest absolute Gasteiger partial charge is 0.350 e. The number of carbonyl (C=O) groups is 3. The van der Waals surface area contributed by atoms with Gasteiger partial charge in [0.15, 0.2) is 0 Å². The van der Waals surface area contributed by atoms with Crippen LogP contribution in [0, 0.1) is 19.7 Å². The first kappa shape index (κ1) is 27.2. The molecule has 0 radical (unpaired) electrons. The highest BCUT2D eigenvalue weighted by Gasteiger charge is 2.31. The van der Waals surface area contributed by atoms with Crippen molar-refractivity contribution < 1.29 is 23.0 Å². The number of nitrogens with zero attached hydrogens (tertiary/aromatic N) is 1. The Morgan fingerprint density at radius 1 is 1.03 bits per heavy atom. The van der Waals surface area contributed by atoms with Crippen molar-refractivity contribution in [2.45, 2.75) is 53.1 Å². The third-order valence-corrected chi connectivity index (χ3v) is 6.02. The topological polar surface area (TPSA) is 95.6 Å². The van der Waals surface area contributed by atoms with Gasteiger partial charge in [0.25, 0.3) is 0 Å². The Balaban J connectivity index is 2.19. The third-order valence-electron chi connectivity index (χ3n) is 4.86. The number of rotatable bonds is 8. The molecular weight excluding hydrogens is 457 g/mol. The van der Waals surface area contributed by atoms with Gasteiger partial charge in [-0.25, -0.2) is 4.39 Å². The van der Waals surface area contributed by atoms with Gasteiger partial charge in [-0.1, -0.05) is 12.1 Å². The van der Waals surface area contributed by atoms with E-state index in [4.69, 9.17) is 0 Å². The lowest BCUT2D eigenvalue weighted by atomic mass is 10.1. The predicted octanol–water partition coefficient (Wildman–Crippen LogP) is 3.47. The van der Waals surface area contributed by atoms with Gasteiger partial charge in [-0.3, -0.25) is 23.5 Å². The molecule has 0 aromatic heterocycles. The zero-order chi connectivity index (χ0) is 25.6. The summed E-state index contributed by atoms with van der Waals surface area (Å²) in [6.45, 7) is 10.9. The molecule has 0 fully saturated rings. The quantitative estimate of drug-likeness (QED) is 0.594. The van der Waals surface area contributed by atoms with Crippen molar-refractivity contribution in [1.29, 1.82) is 0 Å². The van der Waals surface area contributed by atoms with Crippen LogP contribution < -0.4 is 15.5 Å². The summed E-state index contributed by atoms with van der Waals surface area (Å²) in [5.41, 5.74) is 2.10. The zero-order valence-corrected chi connectivity index (χ0v) is 21.2. The van der Waals surface area contributed by atoms with E-state index in [1.165, 1.54) is 29.2 Å². The van der Waals surface area contributed by atoms with Crippen LogP contribution in [0.5, 0.6) is 0 Å². The number of nitrogens with one attached hydrogen (secondary N) is 2. The fourth-order valence-electron chi connectivity index (χ4n) is 3.26. The SMILES string of the molecule is Cc1ccc(C)c(N(C(=O)C[S@@](=O)CC(=O)Nc2ccc(F)cc2)[C@@H](C)C(=O)NC(C)(C)C)c1. The summed E-state index contributed by atoms with van der Waals surface area (Å²) < 4.78 is 25.7. The minimum atomic E-state index is -1.82. The Morgan fingerprint density at radius 2 is 1.65 bits per heavy atom. The minimum absolute atomic E-state index is 0.346. The monoisotopic (exact) mass is 489 g/mol. The second-order valence-corrected chi connectivity index (χ2v) is 10.7. The number of carbonyl (C=O) groups excluding carboxylic acids is 3. The average molecular weight is 490 g/mol. The highest BCUT2D eigenvalue weighted by molar-refractivity contribution is 7.86. The van der Waals surface area contributed by atoms with Crippen molar-refractivity contribution in [2.75, 3.05) is 21.7 Å². The van der Waals surface area contributed by atoms with Gasteiger partial charge in [0.1, 0.15) is 23.4 Å². The lowest BCUT2D eigenvalue weighted by Crippen LogP contribution is -2.54. The number of hydrogen-bond donors (Lipinski definition) is 2. The Bertz CT molecular complexity index is 1080. The smallest absolute Gasteiger partial charge is 0.243 e. The fraction of sp³-hybridized carbons (Fsp3) is 0.400. The lowest BCUT2D eigenvalue weighted by molar-refractivity contribution is -0.126. The van der Waals surface area contributed by atoms with E-state index in [9.17, 15) is 23.0 Å². The number of aryl methyl sites for hydroxylation is 2. The highest BCUT2D eigenvalue weighted by atomic mass is 32.2. The van der Waals surface area contributed by atoms with Crippen molar-refractivity contribution in [3.8, 4) is 0 Å². The van der Waals surface area contributed by atoms with Gasteiger partial charge < -0.3 is 10.6 Å². The number of amides is 3. The second kappa shape index (κ2) is 11.4. The summed E-state index contributed by atoms with van der Waals surface area (Å²) in [6, 6.07) is 9.87. The minimum Gasteiger partial charge on any atom is -0.350 e. The van der Waals surface area contributed by atoms with E-state index in [0.29, 0.717) is 11.4 Å². The Labute approximate surface area is 202 Å². The molecule has 0 spiro atoms. The molecule has 2 aromatic rings.